The Labute approximate surface area is 143 Å². The van der Waals surface area contributed by atoms with Gasteiger partial charge in [0, 0.05) is 7.11 Å². The molecule has 0 aliphatic heterocycles. The Balaban J connectivity index is 2.22. The summed E-state index contributed by atoms with van der Waals surface area (Å²) in [6, 6.07) is 10.5. The van der Waals surface area contributed by atoms with Gasteiger partial charge in [-0.15, -0.1) is 13.2 Å². The van der Waals surface area contributed by atoms with Crippen LogP contribution >= 0.6 is 0 Å². The second-order valence-corrected chi connectivity index (χ2v) is 6.43. The molecule has 25 heavy (non-hydrogen) atoms. The van der Waals surface area contributed by atoms with E-state index in [1.165, 1.54) is 24.3 Å². The maximum absolute atomic E-state index is 12.4. The van der Waals surface area contributed by atoms with Crippen molar-refractivity contribution in [1.29, 1.82) is 0 Å². The second kappa shape index (κ2) is 7.75. The van der Waals surface area contributed by atoms with Crippen LogP contribution < -0.4 is 8.92 Å². The van der Waals surface area contributed by atoms with Crippen molar-refractivity contribution in [2.75, 3.05) is 13.7 Å². The Bertz CT molecular complexity index is 801. The van der Waals surface area contributed by atoms with Gasteiger partial charge < -0.3 is 13.7 Å². The van der Waals surface area contributed by atoms with Gasteiger partial charge in [-0.3, -0.25) is 0 Å². The summed E-state index contributed by atoms with van der Waals surface area (Å²) in [6.07, 6.45) is -4.39. The van der Waals surface area contributed by atoms with Gasteiger partial charge in [-0.05, 0) is 36.2 Å². The first-order valence-electron chi connectivity index (χ1n) is 7.08. The van der Waals surface area contributed by atoms with Crippen molar-refractivity contribution in [3.8, 4) is 11.5 Å². The van der Waals surface area contributed by atoms with Crippen LogP contribution in [-0.4, -0.2) is 28.5 Å². The number of halogens is 3. The SMILES string of the molecule is COCCc1ccc(OS(=O)(=O)c2ccccc2OC(F)(F)F)cc1. The van der Waals surface area contributed by atoms with Crippen LogP contribution in [-0.2, 0) is 21.3 Å². The van der Waals surface area contributed by atoms with Crippen LogP contribution in [0.3, 0.4) is 0 Å². The van der Waals surface area contributed by atoms with Crippen molar-refractivity contribution in [2.24, 2.45) is 0 Å². The lowest BCUT2D eigenvalue weighted by Gasteiger charge is -2.13. The van der Waals surface area contributed by atoms with Gasteiger partial charge in [0.15, 0.2) is 5.75 Å². The van der Waals surface area contributed by atoms with Crippen LogP contribution in [0.15, 0.2) is 53.4 Å². The minimum Gasteiger partial charge on any atom is -0.404 e. The number of rotatable bonds is 7. The molecular weight excluding hydrogens is 361 g/mol. The van der Waals surface area contributed by atoms with Crippen molar-refractivity contribution in [3.63, 3.8) is 0 Å². The van der Waals surface area contributed by atoms with E-state index in [1.807, 2.05) is 0 Å². The van der Waals surface area contributed by atoms with E-state index in [0.29, 0.717) is 13.0 Å². The molecule has 0 aliphatic rings. The van der Waals surface area contributed by atoms with Gasteiger partial charge >= 0.3 is 16.5 Å². The lowest BCUT2D eigenvalue weighted by Crippen LogP contribution is -2.20. The van der Waals surface area contributed by atoms with Crippen molar-refractivity contribution < 1.29 is 35.2 Å². The van der Waals surface area contributed by atoms with Crippen LogP contribution in [0.5, 0.6) is 11.5 Å². The lowest BCUT2D eigenvalue weighted by molar-refractivity contribution is -0.275. The fraction of sp³-hybridized carbons (Fsp3) is 0.250. The zero-order valence-electron chi connectivity index (χ0n) is 13.1. The summed E-state index contributed by atoms with van der Waals surface area (Å²) in [5.41, 5.74) is 0.896. The van der Waals surface area contributed by atoms with Crippen molar-refractivity contribution in [1.82, 2.24) is 0 Å². The predicted molar refractivity (Wildman–Crippen MR) is 83.0 cm³/mol. The molecule has 0 unspecified atom stereocenters. The van der Waals surface area contributed by atoms with Crippen LogP contribution in [0.2, 0.25) is 0 Å². The predicted octanol–water partition coefficient (Wildman–Crippen LogP) is 3.54. The largest absolute Gasteiger partial charge is 0.573 e. The molecule has 0 N–H and O–H groups in total. The minimum atomic E-state index is -5.02. The van der Waals surface area contributed by atoms with E-state index in [-0.39, 0.29) is 5.75 Å². The van der Waals surface area contributed by atoms with E-state index >= 15 is 0 Å². The average Bonchev–Trinajstić information content (AvgIpc) is 2.53. The molecule has 2 aromatic rings. The van der Waals surface area contributed by atoms with Crippen LogP contribution in [0.25, 0.3) is 0 Å². The first-order valence-corrected chi connectivity index (χ1v) is 8.49. The van der Waals surface area contributed by atoms with Gasteiger partial charge in [0.2, 0.25) is 0 Å². The zero-order chi connectivity index (χ0) is 18.5. The standard InChI is InChI=1S/C16H15F3O5S/c1-22-11-10-12-6-8-13(9-7-12)24-25(20,21)15-5-3-2-4-14(15)23-16(17,18)19/h2-9H,10-11H2,1H3. The van der Waals surface area contributed by atoms with Crippen LogP contribution in [0, 0.1) is 0 Å². The van der Waals surface area contributed by atoms with Gasteiger partial charge in [-0.25, -0.2) is 0 Å². The fourth-order valence-electron chi connectivity index (χ4n) is 1.97. The monoisotopic (exact) mass is 376 g/mol. The number of hydrogen-bond acceptors (Lipinski definition) is 5. The Hall–Kier alpha value is -2.26. The summed E-state index contributed by atoms with van der Waals surface area (Å²) in [6.45, 7) is 0.501. The first-order chi connectivity index (χ1) is 11.7. The third-order valence-corrected chi connectivity index (χ3v) is 4.36. The number of methoxy groups -OCH3 is 1. The highest BCUT2D eigenvalue weighted by Gasteiger charge is 2.34. The summed E-state index contributed by atoms with van der Waals surface area (Å²) in [5.74, 6) is -0.880. The Morgan fingerprint density at radius 3 is 2.24 bits per heavy atom. The van der Waals surface area contributed by atoms with Gasteiger partial charge in [-0.1, -0.05) is 24.3 Å². The highest BCUT2D eigenvalue weighted by Crippen LogP contribution is 2.31. The molecule has 0 aromatic heterocycles. The molecular formula is C16H15F3O5S. The molecule has 9 heteroatoms. The number of benzene rings is 2. The van der Waals surface area contributed by atoms with Crippen molar-refractivity contribution >= 4 is 10.1 Å². The van der Waals surface area contributed by atoms with E-state index in [1.54, 1.807) is 19.2 Å². The van der Waals surface area contributed by atoms with Crippen molar-refractivity contribution in [3.05, 3.63) is 54.1 Å². The Morgan fingerprint density at radius 2 is 1.64 bits per heavy atom. The smallest absolute Gasteiger partial charge is 0.404 e. The number of hydrogen-bond donors (Lipinski definition) is 0. The van der Waals surface area contributed by atoms with Gasteiger partial charge in [-0.2, -0.15) is 8.42 Å². The highest BCUT2D eigenvalue weighted by atomic mass is 32.2. The van der Waals surface area contributed by atoms with Crippen molar-refractivity contribution in [2.45, 2.75) is 17.7 Å². The summed E-state index contributed by atoms with van der Waals surface area (Å²) in [7, 11) is -2.94. The molecule has 0 saturated heterocycles. The Kier molecular flexibility index (Phi) is 5.91. The van der Waals surface area contributed by atoms with E-state index < -0.39 is 27.1 Å². The van der Waals surface area contributed by atoms with E-state index in [2.05, 4.69) is 4.74 Å². The number of alkyl halides is 3. The summed E-state index contributed by atoms with van der Waals surface area (Å²) in [5, 5.41) is 0. The first kappa shape index (κ1) is 19.1. The topological polar surface area (TPSA) is 61.8 Å². The third-order valence-electron chi connectivity index (χ3n) is 3.07. The molecule has 0 amide bonds. The molecule has 0 bridgehead atoms. The maximum Gasteiger partial charge on any atom is 0.573 e. The lowest BCUT2D eigenvalue weighted by atomic mass is 10.1. The molecule has 0 aliphatic carbocycles. The molecule has 0 heterocycles. The van der Waals surface area contributed by atoms with Crippen LogP contribution in [0.1, 0.15) is 5.56 Å². The summed E-state index contributed by atoms with van der Waals surface area (Å²) < 4.78 is 75.4. The Morgan fingerprint density at radius 1 is 1.00 bits per heavy atom. The van der Waals surface area contributed by atoms with Crippen LogP contribution in [0.4, 0.5) is 13.2 Å². The van der Waals surface area contributed by atoms with Gasteiger partial charge in [0.05, 0.1) is 6.61 Å². The summed E-state index contributed by atoms with van der Waals surface area (Å²) in [4.78, 5) is -0.712. The molecule has 0 saturated carbocycles. The maximum atomic E-state index is 12.4. The molecule has 0 atom stereocenters. The molecule has 136 valence electrons. The number of ether oxygens (including phenoxy) is 2. The normalized spacial score (nSPS) is 12.0. The van der Waals surface area contributed by atoms with Gasteiger partial charge in [0.25, 0.3) is 0 Å². The van der Waals surface area contributed by atoms with E-state index in [0.717, 1.165) is 17.7 Å². The second-order valence-electron chi connectivity index (χ2n) is 4.92. The molecule has 0 fully saturated rings. The molecule has 0 radical (unpaired) electrons. The molecule has 2 aromatic carbocycles. The average molecular weight is 376 g/mol. The molecule has 2 rings (SSSR count). The minimum absolute atomic E-state index is 0.0250. The van der Waals surface area contributed by atoms with Gasteiger partial charge in [0.1, 0.15) is 10.6 Å². The summed E-state index contributed by atoms with van der Waals surface area (Å²) >= 11 is 0. The fourth-order valence-corrected chi connectivity index (χ4v) is 3.02. The van der Waals surface area contributed by atoms with E-state index in [9.17, 15) is 21.6 Å². The molecule has 0 spiro atoms. The van der Waals surface area contributed by atoms with E-state index in [4.69, 9.17) is 8.92 Å². The number of para-hydroxylation sites is 1. The zero-order valence-corrected chi connectivity index (χ0v) is 13.9. The third kappa shape index (κ3) is 5.64. The quantitative estimate of drug-likeness (QED) is 0.692. The molecule has 5 nitrogen and oxygen atoms in total. The highest BCUT2D eigenvalue weighted by molar-refractivity contribution is 7.87.